The van der Waals surface area contributed by atoms with Crippen LogP contribution in [0.2, 0.25) is 5.02 Å². The zero-order valence-corrected chi connectivity index (χ0v) is 11.5. The van der Waals surface area contributed by atoms with E-state index < -0.39 is 0 Å². The van der Waals surface area contributed by atoms with Gasteiger partial charge in [0, 0.05) is 23.7 Å². The van der Waals surface area contributed by atoms with Gasteiger partial charge in [0.15, 0.2) is 0 Å². The molecule has 2 bridgehead atoms. The van der Waals surface area contributed by atoms with Gasteiger partial charge in [-0.3, -0.25) is 4.90 Å². The fraction of sp³-hybridized carbons (Fsp3) is 0.533. The highest BCUT2D eigenvalue weighted by Gasteiger charge is 2.39. The fourth-order valence-corrected chi connectivity index (χ4v) is 3.69. The molecule has 2 fully saturated rings. The fourth-order valence-electron chi connectivity index (χ4n) is 3.45. The van der Waals surface area contributed by atoms with Gasteiger partial charge < -0.3 is 5.11 Å². The van der Waals surface area contributed by atoms with E-state index in [1.165, 1.54) is 12.8 Å². The molecule has 3 rings (SSSR count). The molecule has 1 aromatic rings. The van der Waals surface area contributed by atoms with Crippen molar-refractivity contribution in [2.45, 2.75) is 50.4 Å². The van der Waals surface area contributed by atoms with E-state index in [1.54, 1.807) is 6.07 Å². The summed E-state index contributed by atoms with van der Waals surface area (Å²) in [5.74, 6) is 0. The van der Waals surface area contributed by atoms with Crippen LogP contribution >= 0.6 is 11.6 Å². The number of nitriles is 1. The van der Waals surface area contributed by atoms with Gasteiger partial charge >= 0.3 is 0 Å². The summed E-state index contributed by atoms with van der Waals surface area (Å²) in [6.45, 7) is 0.826. The number of piperidine rings is 1. The number of fused-ring (bicyclic) bond motifs is 2. The molecule has 2 unspecified atom stereocenters. The molecule has 4 heteroatoms. The van der Waals surface area contributed by atoms with Crippen LogP contribution in [-0.2, 0) is 6.54 Å². The predicted molar refractivity (Wildman–Crippen MR) is 73.8 cm³/mol. The Labute approximate surface area is 118 Å². The lowest BCUT2D eigenvalue weighted by molar-refractivity contribution is 0.0310. The zero-order chi connectivity index (χ0) is 13.4. The molecular weight excluding hydrogens is 260 g/mol. The van der Waals surface area contributed by atoms with Gasteiger partial charge in [-0.15, -0.1) is 0 Å². The summed E-state index contributed by atoms with van der Waals surface area (Å²) in [6, 6.07) is 8.58. The van der Waals surface area contributed by atoms with Crippen molar-refractivity contribution in [3.63, 3.8) is 0 Å². The number of hydrogen-bond donors (Lipinski definition) is 1. The van der Waals surface area contributed by atoms with E-state index in [0.29, 0.717) is 22.7 Å². The number of halogens is 1. The molecule has 0 amide bonds. The van der Waals surface area contributed by atoms with Gasteiger partial charge in [-0.05, 0) is 43.4 Å². The van der Waals surface area contributed by atoms with Gasteiger partial charge in [-0.1, -0.05) is 17.7 Å². The summed E-state index contributed by atoms with van der Waals surface area (Å²) in [7, 11) is 0. The van der Waals surface area contributed by atoms with Crippen molar-refractivity contribution in [1.29, 1.82) is 5.26 Å². The Morgan fingerprint density at radius 1 is 1.32 bits per heavy atom. The molecule has 0 saturated carbocycles. The first-order valence-corrected chi connectivity index (χ1v) is 7.17. The minimum Gasteiger partial charge on any atom is -0.393 e. The maximum atomic E-state index is 9.81. The Morgan fingerprint density at radius 2 is 2.00 bits per heavy atom. The second kappa shape index (κ2) is 5.13. The van der Waals surface area contributed by atoms with E-state index in [4.69, 9.17) is 16.9 Å². The topological polar surface area (TPSA) is 47.3 Å². The predicted octanol–water partition coefficient (Wildman–Crippen LogP) is 2.70. The van der Waals surface area contributed by atoms with Crippen molar-refractivity contribution in [3.8, 4) is 6.07 Å². The van der Waals surface area contributed by atoms with Crippen LogP contribution in [0.25, 0.3) is 0 Å². The lowest BCUT2D eigenvalue weighted by atomic mass is 9.99. The quantitative estimate of drug-likeness (QED) is 0.903. The first-order chi connectivity index (χ1) is 9.17. The number of aliphatic hydroxyl groups excluding tert-OH is 1. The third-order valence-electron chi connectivity index (χ3n) is 4.39. The van der Waals surface area contributed by atoms with Crippen LogP contribution in [0.5, 0.6) is 0 Å². The monoisotopic (exact) mass is 276 g/mol. The molecule has 2 aliphatic heterocycles. The smallest absolute Gasteiger partial charge is 0.0992 e. The number of nitrogens with zero attached hydrogens (tertiary/aromatic N) is 2. The summed E-state index contributed by atoms with van der Waals surface area (Å²) in [6.07, 6.45) is 3.98. The van der Waals surface area contributed by atoms with Crippen molar-refractivity contribution < 1.29 is 5.11 Å². The Morgan fingerprint density at radius 3 is 2.58 bits per heavy atom. The number of aliphatic hydroxyl groups is 1. The van der Waals surface area contributed by atoms with Gasteiger partial charge in [-0.2, -0.15) is 5.26 Å². The second-order valence-electron chi connectivity index (χ2n) is 5.60. The minimum absolute atomic E-state index is 0.134. The number of benzene rings is 1. The standard InChI is InChI=1S/C15H17ClN2O/c16-15-5-10(8-17)1-2-11(15)9-18-12-3-4-13(18)7-14(19)6-12/h1-2,5,12-14,19H,3-4,6-7,9H2. The SMILES string of the molecule is N#Cc1ccc(CN2C3CCC2CC(O)C3)c(Cl)c1. The van der Waals surface area contributed by atoms with Gasteiger partial charge in [0.25, 0.3) is 0 Å². The lowest BCUT2D eigenvalue weighted by Crippen LogP contribution is -2.44. The van der Waals surface area contributed by atoms with Crippen LogP contribution in [0.4, 0.5) is 0 Å². The van der Waals surface area contributed by atoms with Crippen LogP contribution in [-0.4, -0.2) is 28.2 Å². The van der Waals surface area contributed by atoms with Gasteiger partial charge in [0.1, 0.15) is 0 Å². The van der Waals surface area contributed by atoms with Crippen molar-refractivity contribution in [3.05, 3.63) is 34.3 Å². The first-order valence-electron chi connectivity index (χ1n) is 6.79. The second-order valence-corrected chi connectivity index (χ2v) is 6.01. The third-order valence-corrected chi connectivity index (χ3v) is 4.75. The summed E-state index contributed by atoms with van der Waals surface area (Å²) < 4.78 is 0. The highest BCUT2D eigenvalue weighted by Crippen LogP contribution is 2.37. The van der Waals surface area contributed by atoms with Crippen LogP contribution in [0.3, 0.4) is 0 Å². The maximum absolute atomic E-state index is 9.81. The molecule has 3 nitrogen and oxygen atoms in total. The van der Waals surface area contributed by atoms with Crippen molar-refractivity contribution in [1.82, 2.24) is 4.90 Å². The Kier molecular flexibility index (Phi) is 3.49. The van der Waals surface area contributed by atoms with Gasteiger partial charge in [0.05, 0.1) is 17.7 Å². The van der Waals surface area contributed by atoms with E-state index >= 15 is 0 Å². The van der Waals surface area contributed by atoms with Crippen LogP contribution in [0.15, 0.2) is 18.2 Å². The first kappa shape index (κ1) is 12.9. The molecule has 0 radical (unpaired) electrons. The van der Waals surface area contributed by atoms with Gasteiger partial charge in [0.2, 0.25) is 0 Å². The Hall–Kier alpha value is -1.08. The molecule has 2 saturated heterocycles. The Bertz CT molecular complexity index is 511. The van der Waals surface area contributed by atoms with Crippen LogP contribution < -0.4 is 0 Å². The summed E-state index contributed by atoms with van der Waals surface area (Å²) in [5, 5.41) is 19.3. The average Bonchev–Trinajstić information content (AvgIpc) is 2.63. The van der Waals surface area contributed by atoms with Crippen molar-refractivity contribution in [2.24, 2.45) is 0 Å². The highest BCUT2D eigenvalue weighted by molar-refractivity contribution is 6.31. The van der Waals surface area contributed by atoms with E-state index in [0.717, 1.165) is 24.9 Å². The number of rotatable bonds is 2. The van der Waals surface area contributed by atoms with Crippen molar-refractivity contribution >= 4 is 11.6 Å². The van der Waals surface area contributed by atoms with E-state index in [-0.39, 0.29) is 6.10 Å². The largest absolute Gasteiger partial charge is 0.393 e. The normalized spacial score (nSPS) is 30.3. The molecular formula is C15H17ClN2O. The molecule has 2 atom stereocenters. The molecule has 2 aliphatic rings. The molecule has 100 valence electrons. The molecule has 0 aliphatic carbocycles. The van der Waals surface area contributed by atoms with Crippen LogP contribution in [0.1, 0.15) is 36.8 Å². The summed E-state index contributed by atoms with van der Waals surface area (Å²) >= 11 is 6.24. The number of hydrogen-bond acceptors (Lipinski definition) is 3. The highest BCUT2D eigenvalue weighted by atomic mass is 35.5. The molecule has 0 spiro atoms. The molecule has 2 heterocycles. The molecule has 1 N–H and O–H groups in total. The zero-order valence-electron chi connectivity index (χ0n) is 10.7. The van der Waals surface area contributed by atoms with Gasteiger partial charge in [-0.25, -0.2) is 0 Å². The molecule has 1 aromatic carbocycles. The molecule has 0 aromatic heterocycles. The third kappa shape index (κ3) is 2.49. The average molecular weight is 277 g/mol. The molecule has 19 heavy (non-hydrogen) atoms. The lowest BCUT2D eigenvalue weighted by Gasteiger charge is -2.37. The Balaban J connectivity index is 1.77. The van der Waals surface area contributed by atoms with Crippen molar-refractivity contribution in [2.75, 3.05) is 0 Å². The van der Waals surface area contributed by atoms with Crippen LogP contribution in [0, 0.1) is 11.3 Å². The van der Waals surface area contributed by atoms with E-state index in [9.17, 15) is 5.11 Å². The summed E-state index contributed by atoms with van der Waals surface area (Å²) in [5.41, 5.74) is 1.68. The van der Waals surface area contributed by atoms with E-state index in [2.05, 4.69) is 11.0 Å². The summed E-state index contributed by atoms with van der Waals surface area (Å²) in [4.78, 5) is 2.47. The maximum Gasteiger partial charge on any atom is 0.0992 e. The minimum atomic E-state index is -0.134. The van der Waals surface area contributed by atoms with E-state index in [1.807, 2.05) is 12.1 Å².